The van der Waals surface area contributed by atoms with E-state index in [1.165, 1.54) is 19.4 Å². The summed E-state index contributed by atoms with van der Waals surface area (Å²) in [4.78, 5) is 16.9. The maximum absolute atomic E-state index is 12.3. The molecule has 1 N–H and O–H groups in total. The second-order valence-electron chi connectivity index (χ2n) is 5.65. The number of piperazine rings is 1. The van der Waals surface area contributed by atoms with Crippen molar-refractivity contribution < 1.29 is 4.79 Å². The highest BCUT2D eigenvalue weighted by Crippen LogP contribution is 2.29. The van der Waals surface area contributed by atoms with E-state index in [0.717, 1.165) is 50.1 Å². The Labute approximate surface area is 113 Å². The zero-order valence-electron chi connectivity index (χ0n) is 10.9. The summed E-state index contributed by atoms with van der Waals surface area (Å²) in [5, 5.41) is 3.34. The summed E-state index contributed by atoms with van der Waals surface area (Å²) in [6.07, 6.45) is 2.84. The molecule has 1 aliphatic carbocycles. The Morgan fingerprint density at radius 3 is 2.61 bits per heavy atom. The van der Waals surface area contributed by atoms with Gasteiger partial charge in [-0.3, -0.25) is 9.69 Å². The van der Waals surface area contributed by atoms with Gasteiger partial charge in [0.2, 0.25) is 5.91 Å². The van der Waals surface area contributed by atoms with Gasteiger partial charge in [-0.15, -0.1) is 0 Å². The zero-order chi connectivity index (χ0) is 12.4. The van der Waals surface area contributed by atoms with Crippen molar-refractivity contribution in [3.8, 4) is 0 Å². The molecule has 3 rings (SSSR count). The fourth-order valence-corrected chi connectivity index (χ4v) is 3.69. The van der Waals surface area contributed by atoms with Crippen LogP contribution in [0, 0.1) is 5.92 Å². The Balaban J connectivity index is 1.44. The van der Waals surface area contributed by atoms with Gasteiger partial charge in [0.15, 0.2) is 0 Å². The van der Waals surface area contributed by atoms with Gasteiger partial charge < -0.3 is 10.2 Å². The molecule has 18 heavy (non-hydrogen) atoms. The highest BCUT2D eigenvalue weighted by atomic mass is 32.2. The fourth-order valence-electron chi connectivity index (χ4n) is 2.76. The summed E-state index contributed by atoms with van der Waals surface area (Å²) in [6.45, 7) is 6.23. The molecule has 2 saturated heterocycles. The van der Waals surface area contributed by atoms with Crippen LogP contribution in [-0.2, 0) is 4.79 Å². The average Bonchev–Trinajstić information content (AvgIpc) is 3.24. The minimum atomic E-state index is 0.0683. The number of rotatable bonds is 3. The summed E-state index contributed by atoms with van der Waals surface area (Å²) in [5.74, 6) is 3.37. The largest absolute Gasteiger partial charge is 0.339 e. The summed E-state index contributed by atoms with van der Waals surface area (Å²) in [5.41, 5.74) is 0. The number of thioether (sulfide) groups is 1. The maximum atomic E-state index is 12.3. The first kappa shape index (κ1) is 12.8. The number of nitrogens with zero attached hydrogens (tertiary/aromatic N) is 2. The zero-order valence-corrected chi connectivity index (χ0v) is 11.8. The van der Waals surface area contributed by atoms with E-state index in [2.05, 4.69) is 15.1 Å². The number of carbonyl (C=O) groups excluding carboxylic acids is 1. The van der Waals surface area contributed by atoms with E-state index in [1.807, 2.05) is 11.8 Å². The number of hydrogen-bond donors (Lipinski definition) is 1. The molecule has 5 heteroatoms. The summed E-state index contributed by atoms with van der Waals surface area (Å²) < 4.78 is 0. The van der Waals surface area contributed by atoms with Crippen LogP contribution < -0.4 is 5.32 Å². The van der Waals surface area contributed by atoms with E-state index in [9.17, 15) is 4.79 Å². The van der Waals surface area contributed by atoms with Gasteiger partial charge in [0.25, 0.3) is 0 Å². The van der Waals surface area contributed by atoms with Crippen LogP contribution in [0.15, 0.2) is 0 Å². The van der Waals surface area contributed by atoms with Crippen molar-refractivity contribution in [2.45, 2.75) is 18.9 Å². The highest BCUT2D eigenvalue weighted by molar-refractivity contribution is 7.99. The Kier molecular flexibility index (Phi) is 4.11. The molecule has 1 unspecified atom stereocenters. The molecule has 3 aliphatic rings. The second kappa shape index (κ2) is 5.80. The first-order valence-corrected chi connectivity index (χ1v) is 8.30. The normalized spacial score (nSPS) is 30.4. The topological polar surface area (TPSA) is 35.6 Å². The molecule has 0 bridgehead atoms. The van der Waals surface area contributed by atoms with E-state index in [4.69, 9.17) is 0 Å². The van der Waals surface area contributed by atoms with Gasteiger partial charge in [-0.2, -0.15) is 11.8 Å². The lowest BCUT2D eigenvalue weighted by Gasteiger charge is -2.37. The minimum absolute atomic E-state index is 0.0683. The Morgan fingerprint density at radius 2 is 2.00 bits per heavy atom. The first-order chi connectivity index (χ1) is 8.83. The van der Waals surface area contributed by atoms with Crippen molar-refractivity contribution in [1.29, 1.82) is 0 Å². The standard InChI is InChI=1S/C13H23N3OS/c17-13(12-10-18-8-3-14-12)16-6-4-15(5-7-16)9-11-1-2-11/h11-12,14H,1-10H2. The Bertz CT molecular complexity index is 295. The SMILES string of the molecule is O=C(C1CSCCN1)N1CCN(CC2CC2)CC1. The van der Waals surface area contributed by atoms with Gasteiger partial charge in [0.1, 0.15) is 0 Å². The summed E-state index contributed by atoms with van der Waals surface area (Å²) in [6, 6.07) is 0.0683. The third-order valence-corrected chi connectivity index (χ3v) is 5.18. The minimum Gasteiger partial charge on any atom is -0.339 e. The number of carbonyl (C=O) groups is 1. The van der Waals surface area contributed by atoms with E-state index in [0.29, 0.717) is 5.91 Å². The predicted molar refractivity (Wildman–Crippen MR) is 74.9 cm³/mol. The van der Waals surface area contributed by atoms with Crippen LogP contribution >= 0.6 is 11.8 Å². The van der Waals surface area contributed by atoms with Crippen LogP contribution in [-0.4, -0.2) is 72.5 Å². The van der Waals surface area contributed by atoms with Crippen molar-refractivity contribution in [3.63, 3.8) is 0 Å². The van der Waals surface area contributed by atoms with Crippen LogP contribution in [0.1, 0.15) is 12.8 Å². The van der Waals surface area contributed by atoms with E-state index in [1.54, 1.807) is 0 Å². The molecule has 0 aromatic rings. The van der Waals surface area contributed by atoms with Gasteiger partial charge in [-0.25, -0.2) is 0 Å². The molecule has 0 aromatic heterocycles. The predicted octanol–water partition coefficient (Wildman–Crippen LogP) is 0.246. The number of nitrogens with one attached hydrogen (secondary N) is 1. The highest BCUT2D eigenvalue weighted by Gasteiger charge is 2.30. The average molecular weight is 269 g/mol. The Hall–Kier alpha value is -0.260. The van der Waals surface area contributed by atoms with Gasteiger partial charge in [0.05, 0.1) is 6.04 Å². The molecule has 2 aliphatic heterocycles. The molecule has 1 saturated carbocycles. The second-order valence-corrected chi connectivity index (χ2v) is 6.80. The maximum Gasteiger partial charge on any atom is 0.240 e. The molecule has 4 nitrogen and oxygen atoms in total. The van der Waals surface area contributed by atoms with Crippen molar-refractivity contribution >= 4 is 17.7 Å². The van der Waals surface area contributed by atoms with E-state index >= 15 is 0 Å². The lowest BCUT2D eigenvalue weighted by atomic mass is 10.2. The smallest absolute Gasteiger partial charge is 0.240 e. The quantitative estimate of drug-likeness (QED) is 0.796. The number of amides is 1. The van der Waals surface area contributed by atoms with Gasteiger partial charge in [-0.05, 0) is 18.8 Å². The van der Waals surface area contributed by atoms with Crippen molar-refractivity contribution in [3.05, 3.63) is 0 Å². The molecule has 0 spiro atoms. The molecule has 3 fully saturated rings. The molecule has 1 atom stereocenters. The molecule has 0 aromatic carbocycles. The monoisotopic (exact) mass is 269 g/mol. The van der Waals surface area contributed by atoms with Crippen molar-refractivity contribution in [2.24, 2.45) is 5.92 Å². The molecule has 1 amide bonds. The summed E-state index contributed by atoms with van der Waals surface area (Å²) in [7, 11) is 0. The first-order valence-electron chi connectivity index (χ1n) is 7.15. The number of hydrogen-bond acceptors (Lipinski definition) is 4. The van der Waals surface area contributed by atoms with Gasteiger partial charge in [0, 0.05) is 50.8 Å². The fraction of sp³-hybridized carbons (Fsp3) is 0.923. The molecule has 2 heterocycles. The van der Waals surface area contributed by atoms with Crippen molar-refractivity contribution in [1.82, 2.24) is 15.1 Å². The van der Waals surface area contributed by atoms with Crippen LogP contribution in [0.5, 0.6) is 0 Å². The van der Waals surface area contributed by atoms with Crippen LogP contribution in [0.25, 0.3) is 0 Å². The van der Waals surface area contributed by atoms with E-state index in [-0.39, 0.29) is 6.04 Å². The van der Waals surface area contributed by atoms with Crippen LogP contribution in [0.4, 0.5) is 0 Å². The summed E-state index contributed by atoms with van der Waals surface area (Å²) >= 11 is 1.89. The molecular weight excluding hydrogens is 246 g/mol. The Morgan fingerprint density at radius 1 is 1.22 bits per heavy atom. The lowest BCUT2D eigenvalue weighted by molar-refractivity contribution is -0.134. The molecular formula is C13H23N3OS. The third kappa shape index (κ3) is 3.19. The van der Waals surface area contributed by atoms with E-state index < -0.39 is 0 Å². The molecule has 0 radical (unpaired) electrons. The third-order valence-electron chi connectivity index (χ3n) is 4.12. The van der Waals surface area contributed by atoms with Crippen LogP contribution in [0.2, 0.25) is 0 Å². The van der Waals surface area contributed by atoms with Gasteiger partial charge >= 0.3 is 0 Å². The molecule has 102 valence electrons. The van der Waals surface area contributed by atoms with Gasteiger partial charge in [-0.1, -0.05) is 0 Å². The van der Waals surface area contributed by atoms with Crippen LogP contribution in [0.3, 0.4) is 0 Å². The lowest BCUT2D eigenvalue weighted by Crippen LogP contribution is -2.56. The van der Waals surface area contributed by atoms with Crippen molar-refractivity contribution in [2.75, 3.05) is 50.8 Å².